The number of halogens is 2. The lowest BCUT2D eigenvalue weighted by Crippen LogP contribution is -2.47. The second-order valence-corrected chi connectivity index (χ2v) is 8.13. The van der Waals surface area contributed by atoms with Crippen LogP contribution in [-0.4, -0.2) is 55.4 Å². The number of hydrogen-bond acceptors (Lipinski definition) is 6. The highest BCUT2D eigenvalue weighted by Crippen LogP contribution is 2.24. The molecule has 0 radical (unpaired) electrons. The van der Waals surface area contributed by atoms with Gasteiger partial charge in [0.25, 0.3) is 0 Å². The SMILES string of the molecule is O=C(NCc1cccnc1)C(=O)NC[C@@H]1OCCN1S(=O)(=O)c1cc(F)ccc1F. The zero-order valence-corrected chi connectivity index (χ0v) is 16.4. The van der Waals surface area contributed by atoms with Crippen molar-refractivity contribution >= 4 is 21.8 Å². The van der Waals surface area contributed by atoms with Crippen LogP contribution in [0.2, 0.25) is 0 Å². The maximum absolute atomic E-state index is 13.9. The maximum Gasteiger partial charge on any atom is 0.309 e. The van der Waals surface area contributed by atoms with E-state index in [4.69, 9.17) is 4.74 Å². The Bertz CT molecular complexity index is 1040. The minimum atomic E-state index is -4.42. The predicted octanol–water partition coefficient (Wildman–Crippen LogP) is 0.139. The largest absolute Gasteiger partial charge is 0.359 e. The summed E-state index contributed by atoms with van der Waals surface area (Å²) in [6.07, 6.45) is 1.92. The molecular formula is C18H18F2N4O5S. The number of sulfonamides is 1. The standard InChI is InChI=1S/C18H18F2N4O5S/c19-13-3-4-14(20)15(8-13)30(27,28)24-6-7-29-16(24)11-23-18(26)17(25)22-10-12-2-1-5-21-9-12/h1-5,8-9,16H,6-7,10-11H2,(H,22,25)(H,23,26)/t16-/m0/s1. The molecule has 1 atom stereocenters. The average molecular weight is 440 g/mol. The second kappa shape index (κ2) is 9.24. The molecule has 0 saturated carbocycles. The molecule has 1 saturated heterocycles. The number of amides is 2. The molecule has 160 valence electrons. The van der Waals surface area contributed by atoms with E-state index in [1.165, 1.54) is 6.20 Å². The van der Waals surface area contributed by atoms with Crippen molar-refractivity contribution in [2.45, 2.75) is 17.7 Å². The molecule has 1 aromatic heterocycles. The van der Waals surface area contributed by atoms with Crippen molar-refractivity contribution in [2.24, 2.45) is 0 Å². The number of aromatic nitrogens is 1. The van der Waals surface area contributed by atoms with E-state index in [0.29, 0.717) is 17.7 Å². The van der Waals surface area contributed by atoms with Gasteiger partial charge in [-0.15, -0.1) is 0 Å². The zero-order chi connectivity index (χ0) is 21.7. The van der Waals surface area contributed by atoms with E-state index in [1.54, 1.807) is 18.3 Å². The van der Waals surface area contributed by atoms with Crippen LogP contribution in [-0.2, 0) is 30.9 Å². The number of benzene rings is 1. The number of carbonyl (C=O) groups is 2. The van der Waals surface area contributed by atoms with Crippen molar-refractivity contribution in [3.63, 3.8) is 0 Å². The quantitative estimate of drug-likeness (QED) is 0.617. The molecule has 1 aromatic carbocycles. The molecule has 0 spiro atoms. The monoisotopic (exact) mass is 440 g/mol. The number of nitrogens with zero attached hydrogens (tertiary/aromatic N) is 2. The molecule has 1 fully saturated rings. The van der Waals surface area contributed by atoms with Gasteiger partial charge in [-0.25, -0.2) is 17.2 Å². The van der Waals surface area contributed by atoms with E-state index in [1.807, 2.05) is 0 Å². The van der Waals surface area contributed by atoms with Gasteiger partial charge in [0.1, 0.15) is 22.8 Å². The molecule has 2 N–H and O–H groups in total. The van der Waals surface area contributed by atoms with Gasteiger partial charge in [-0.3, -0.25) is 14.6 Å². The Morgan fingerprint density at radius 1 is 1.20 bits per heavy atom. The summed E-state index contributed by atoms with van der Waals surface area (Å²) in [6.45, 7) is -0.398. The predicted molar refractivity (Wildman–Crippen MR) is 99.1 cm³/mol. The smallest absolute Gasteiger partial charge is 0.309 e. The zero-order valence-electron chi connectivity index (χ0n) is 15.5. The molecule has 3 rings (SSSR count). The molecule has 2 heterocycles. The van der Waals surface area contributed by atoms with Crippen LogP contribution in [0.3, 0.4) is 0 Å². The van der Waals surface area contributed by atoms with Crippen LogP contribution >= 0.6 is 0 Å². The lowest BCUT2D eigenvalue weighted by atomic mass is 10.3. The molecule has 0 bridgehead atoms. The first kappa shape index (κ1) is 21.7. The molecule has 30 heavy (non-hydrogen) atoms. The molecule has 2 amide bonds. The minimum absolute atomic E-state index is 0.0100. The Morgan fingerprint density at radius 3 is 2.70 bits per heavy atom. The third-order valence-electron chi connectivity index (χ3n) is 4.24. The fraction of sp³-hybridized carbons (Fsp3) is 0.278. The number of nitrogens with one attached hydrogen (secondary N) is 2. The van der Waals surface area contributed by atoms with E-state index in [9.17, 15) is 26.8 Å². The summed E-state index contributed by atoms with van der Waals surface area (Å²) in [4.78, 5) is 26.9. The molecule has 2 aromatic rings. The van der Waals surface area contributed by atoms with Gasteiger partial charge < -0.3 is 15.4 Å². The minimum Gasteiger partial charge on any atom is -0.359 e. The van der Waals surface area contributed by atoms with Crippen molar-refractivity contribution in [1.29, 1.82) is 0 Å². The molecule has 12 heteroatoms. The Balaban J connectivity index is 1.60. The number of rotatable bonds is 6. The first-order valence-corrected chi connectivity index (χ1v) is 10.3. The molecule has 0 unspecified atom stereocenters. The summed E-state index contributed by atoms with van der Waals surface area (Å²) in [5.74, 6) is -3.95. The van der Waals surface area contributed by atoms with Gasteiger partial charge in [-0.1, -0.05) is 6.07 Å². The fourth-order valence-electron chi connectivity index (χ4n) is 2.77. The summed E-state index contributed by atoms with van der Waals surface area (Å²) >= 11 is 0. The highest BCUT2D eigenvalue weighted by atomic mass is 32.2. The Hall–Kier alpha value is -2.96. The highest BCUT2D eigenvalue weighted by Gasteiger charge is 2.38. The summed E-state index contributed by atoms with van der Waals surface area (Å²) in [6, 6.07) is 5.48. The molecule has 1 aliphatic rings. The van der Waals surface area contributed by atoms with Crippen LogP contribution in [0.5, 0.6) is 0 Å². The third-order valence-corrected chi connectivity index (χ3v) is 6.15. The van der Waals surface area contributed by atoms with Crippen molar-refractivity contribution in [2.75, 3.05) is 19.7 Å². The number of hydrogen-bond donors (Lipinski definition) is 2. The first-order chi connectivity index (χ1) is 14.3. The Morgan fingerprint density at radius 2 is 1.97 bits per heavy atom. The van der Waals surface area contributed by atoms with E-state index in [2.05, 4.69) is 15.6 Å². The summed E-state index contributed by atoms with van der Waals surface area (Å²) in [5, 5.41) is 4.67. The van der Waals surface area contributed by atoms with Crippen molar-refractivity contribution < 1.29 is 31.5 Å². The van der Waals surface area contributed by atoms with Gasteiger partial charge in [-0.05, 0) is 29.8 Å². The average Bonchev–Trinajstić information content (AvgIpc) is 3.22. The molecular weight excluding hydrogens is 422 g/mol. The highest BCUT2D eigenvalue weighted by molar-refractivity contribution is 7.89. The fourth-order valence-corrected chi connectivity index (χ4v) is 4.36. The maximum atomic E-state index is 13.9. The summed E-state index contributed by atoms with van der Waals surface area (Å²) in [7, 11) is -4.42. The van der Waals surface area contributed by atoms with Gasteiger partial charge >= 0.3 is 11.8 Å². The first-order valence-electron chi connectivity index (χ1n) is 8.82. The lowest BCUT2D eigenvalue weighted by molar-refractivity contribution is -0.139. The Labute approximate surface area is 171 Å². The second-order valence-electron chi connectivity index (χ2n) is 6.27. The van der Waals surface area contributed by atoms with Crippen molar-refractivity contribution in [3.8, 4) is 0 Å². The number of pyridine rings is 1. The molecule has 1 aliphatic heterocycles. The van der Waals surface area contributed by atoms with Crippen molar-refractivity contribution in [1.82, 2.24) is 19.9 Å². The van der Waals surface area contributed by atoms with Gasteiger partial charge in [0.15, 0.2) is 0 Å². The normalized spacial score (nSPS) is 16.9. The van der Waals surface area contributed by atoms with E-state index >= 15 is 0 Å². The van der Waals surface area contributed by atoms with E-state index in [-0.39, 0.29) is 26.2 Å². The summed E-state index contributed by atoms with van der Waals surface area (Å²) in [5.41, 5.74) is 0.687. The lowest BCUT2D eigenvalue weighted by Gasteiger charge is -2.23. The van der Waals surface area contributed by atoms with Gasteiger partial charge in [0.2, 0.25) is 10.0 Å². The Kier molecular flexibility index (Phi) is 6.70. The number of carbonyl (C=O) groups excluding carboxylic acids is 2. The third kappa shape index (κ3) is 4.96. The number of ether oxygens (including phenoxy) is 1. The van der Waals surface area contributed by atoms with Crippen LogP contribution in [0.25, 0.3) is 0 Å². The van der Waals surface area contributed by atoms with Crippen LogP contribution in [0.1, 0.15) is 5.56 Å². The molecule has 0 aliphatic carbocycles. The van der Waals surface area contributed by atoms with Gasteiger partial charge in [0.05, 0.1) is 13.2 Å². The van der Waals surface area contributed by atoms with Crippen LogP contribution < -0.4 is 10.6 Å². The van der Waals surface area contributed by atoms with E-state index in [0.717, 1.165) is 10.4 Å². The van der Waals surface area contributed by atoms with Gasteiger partial charge in [-0.2, -0.15) is 4.31 Å². The topological polar surface area (TPSA) is 118 Å². The summed E-state index contributed by atoms with van der Waals surface area (Å²) < 4.78 is 58.8. The van der Waals surface area contributed by atoms with Crippen LogP contribution in [0, 0.1) is 11.6 Å². The van der Waals surface area contributed by atoms with Gasteiger partial charge in [0, 0.05) is 25.5 Å². The van der Waals surface area contributed by atoms with Crippen LogP contribution in [0.15, 0.2) is 47.6 Å². The van der Waals surface area contributed by atoms with Crippen LogP contribution in [0.4, 0.5) is 8.78 Å². The van der Waals surface area contributed by atoms with Crippen molar-refractivity contribution in [3.05, 3.63) is 59.9 Å². The molecule has 9 nitrogen and oxygen atoms in total. The van der Waals surface area contributed by atoms with E-state index < -0.39 is 44.6 Å².